The highest BCUT2D eigenvalue weighted by Crippen LogP contribution is 2.66. The lowest BCUT2D eigenvalue weighted by atomic mass is 9.86. The van der Waals surface area contributed by atoms with Crippen LogP contribution >= 0.6 is 33.6 Å². The summed E-state index contributed by atoms with van der Waals surface area (Å²) in [6.45, 7) is 0. The fourth-order valence-corrected chi connectivity index (χ4v) is 16.9. The molecule has 0 spiro atoms. The molecule has 0 saturated carbocycles. The molecule has 13 aromatic rings. The molecule has 0 amide bonds. The van der Waals surface area contributed by atoms with Gasteiger partial charge < -0.3 is 22.4 Å². The molecule has 11 nitrogen and oxygen atoms in total. The smallest absolute Gasteiger partial charge is 0.317 e. The normalized spacial score (nSPS) is 12.7. The van der Waals surface area contributed by atoms with Crippen molar-refractivity contribution in [3.8, 4) is 78.6 Å². The van der Waals surface area contributed by atoms with Crippen LogP contribution in [0.4, 0.5) is 17.6 Å². The van der Waals surface area contributed by atoms with Crippen molar-refractivity contribution < 1.29 is 35.7 Å². The second kappa shape index (κ2) is 25.0. The third-order valence-electron chi connectivity index (χ3n) is 14.6. The van der Waals surface area contributed by atoms with Crippen molar-refractivity contribution in [2.45, 2.75) is 5.66 Å². The minimum Gasteiger partial charge on any atom is -0.450 e. The first kappa shape index (κ1) is 56.2. The first-order valence-corrected chi connectivity index (χ1v) is 32.7. The van der Waals surface area contributed by atoms with Crippen LogP contribution in [-0.2, 0) is 0 Å². The maximum atomic E-state index is 15.6. The van der Waals surface area contributed by atoms with Crippen molar-refractivity contribution in [1.29, 1.82) is 0 Å². The minimum absolute atomic E-state index is 0.254. The molecule has 0 saturated heterocycles. The van der Waals surface area contributed by atoms with Gasteiger partial charge in [-0.2, -0.15) is 0 Å². The van der Waals surface area contributed by atoms with Crippen LogP contribution in [0, 0.1) is 23.3 Å². The van der Waals surface area contributed by atoms with Gasteiger partial charge in [-0.1, -0.05) is 72.8 Å². The predicted molar refractivity (Wildman–Crippen MR) is 345 cm³/mol. The second-order valence-corrected chi connectivity index (χ2v) is 26.8. The standard InChI is InChI=1S/C69H51F4N7O4P4/c70-55-27-19-51(20-28-55)60-49-61(52-21-29-56(71)30-22-52)67(82-86(75-37-5-6-38-75)76-39-7-8-40-76)64(66(60)81-85(59-17-1-2-18-59)74-35-3-4-36-74)65-68(83-87(77-41-9-10-42-77)78-43-11-12-44-78)62(53-23-31-57(72)32-24-53)50-63(54-25-33-58(73)34-26-54)69(65)84-88(79-45-13-14-46-79)80-47-15-16-48-80/h1-50,59H. The average molecular weight is 1240 g/mol. The number of aromatic nitrogens is 7. The molecule has 0 N–H and O–H groups in total. The molecule has 7 aromatic heterocycles. The molecule has 0 bridgehead atoms. The Bertz CT molecular complexity index is 4230. The monoisotopic (exact) mass is 1240 g/mol. The van der Waals surface area contributed by atoms with E-state index in [2.05, 4.69) is 16.5 Å². The number of allylic oxidation sites excluding steroid dienone is 4. The zero-order chi connectivity index (χ0) is 59.5. The van der Waals surface area contributed by atoms with Gasteiger partial charge in [-0.3, -0.25) is 26.0 Å². The molecule has 434 valence electrons. The van der Waals surface area contributed by atoms with Gasteiger partial charge in [0.25, 0.3) is 0 Å². The number of halogens is 4. The Morgan fingerprint density at radius 2 is 0.489 bits per heavy atom. The number of rotatable bonds is 21. The van der Waals surface area contributed by atoms with Crippen LogP contribution in [-0.4, -0.2) is 36.0 Å². The van der Waals surface area contributed by atoms with E-state index in [1.54, 1.807) is 48.5 Å². The number of hydrogen-bond acceptors (Lipinski definition) is 4. The number of benzene rings is 6. The highest BCUT2D eigenvalue weighted by atomic mass is 31.2. The van der Waals surface area contributed by atoms with E-state index in [0.717, 1.165) is 0 Å². The molecule has 1 aliphatic rings. The topological polar surface area (TPSA) is 71.4 Å². The SMILES string of the molecule is Fc1ccc(-c2cc(-c3ccc(F)cc3)c(OP(n3cccc3)n3cccc3)c(-c3c(OP(n4cccc4)n4cccc4)c(-c4ccc(F)cc4)cc(-c4ccc(F)cc4)c3OP(n3cccc3)n3cccc3)c2OP(C2C=CC=C2)n2cccc2)cc1. The maximum Gasteiger partial charge on any atom is 0.317 e. The van der Waals surface area contributed by atoms with Crippen molar-refractivity contribution in [2.75, 3.05) is 0 Å². The first-order valence-electron chi connectivity index (χ1n) is 27.9. The van der Waals surface area contributed by atoms with E-state index in [0.29, 0.717) is 55.6 Å². The van der Waals surface area contributed by atoms with Gasteiger partial charge in [0.15, 0.2) is 0 Å². The Kier molecular flexibility index (Phi) is 16.0. The van der Waals surface area contributed by atoms with Crippen molar-refractivity contribution in [3.63, 3.8) is 0 Å². The van der Waals surface area contributed by atoms with Crippen LogP contribution in [0.2, 0.25) is 0 Å². The fraction of sp³-hybridized carbons (Fsp3) is 0.0145. The Morgan fingerprint density at radius 1 is 0.273 bits per heavy atom. The van der Waals surface area contributed by atoms with Crippen LogP contribution in [0.25, 0.3) is 55.6 Å². The van der Waals surface area contributed by atoms with Gasteiger partial charge in [0.2, 0.25) is 8.30 Å². The van der Waals surface area contributed by atoms with Crippen LogP contribution in [0.1, 0.15) is 0 Å². The summed E-state index contributed by atoms with van der Waals surface area (Å²) in [5, 5.41) is 0. The van der Waals surface area contributed by atoms with E-state index in [-0.39, 0.29) is 28.7 Å². The maximum absolute atomic E-state index is 15.6. The lowest BCUT2D eigenvalue weighted by Gasteiger charge is -2.33. The van der Waals surface area contributed by atoms with Crippen molar-refractivity contribution in [3.05, 3.63) is 328 Å². The summed E-state index contributed by atoms with van der Waals surface area (Å²) in [6, 6.07) is 55.8. The second-order valence-electron chi connectivity index (χ2n) is 20.2. The summed E-state index contributed by atoms with van der Waals surface area (Å²) >= 11 is 0. The van der Waals surface area contributed by atoms with Crippen LogP contribution < -0.4 is 18.1 Å². The highest BCUT2D eigenvalue weighted by molar-refractivity contribution is 7.52. The molecule has 19 heteroatoms. The minimum atomic E-state index is -1.94. The molecular formula is C69H51F4N7O4P4. The van der Waals surface area contributed by atoms with Gasteiger partial charge in [-0.05, 0) is 168 Å². The molecule has 14 rings (SSSR count). The summed E-state index contributed by atoms with van der Waals surface area (Å²) in [7, 11) is -7.61. The lowest BCUT2D eigenvalue weighted by Crippen LogP contribution is -2.12. The van der Waals surface area contributed by atoms with E-state index in [9.17, 15) is 0 Å². The zero-order valence-corrected chi connectivity index (χ0v) is 50.1. The van der Waals surface area contributed by atoms with E-state index in [1.165, 1.54) is 48.5 Å². The van der Waals surface area contributed by atoms with E-state index < -0.39 is 56.9 Å². The summed E-state index contributed by atoms with van der Waals surface area (Å²) in [4.78, 5) is 0. The number of hydrogen-bond donors (Lipinski definition) is 0. The van der Waals surface area contributed by atoms with Crippen LogP contribution in [0.3, 0.4) is 0 Å². The molecule has 1 aliphatic carbocycles. The van der Waals surface area contributed by atoms with E-state index in [1.807, 2.05) is 222 Å². The summed E-state index contributed by atoms with van der Waals surface area (Å²) in [6.07, 6.45) is 35.3. The molecule has 1 unspecified atom stereocenters. The molecule has 1 atom stereocenters. The molecule has 0 radical (unpaired) electrons. The van der Waals surface area contributed by atoms with Crippen molar-refractivity contribution in [1.82, 2.24) is 30.4 Å². The van der Waals surface area contributed by atoms with Crippen LogP contribution in [0.15, 0.2) is 305 Å². The molecule has 0 fully saturated rings. The molecule has 6 aromatic carbocycles. The Morgan fingerprint density at radius 3 is 0.727 bits per heavy atom. The van der Waals surface area contributed by atoms with Gasteiger partial charge >= 0.3 is 25.3 Å². The third-order valence-corrected chi connectivity index (χ3v) is 21.5. The predicted octanol–water partition coefficient (Wildman–Crippen LogP) is 20.0. The largest absolute Gasteiger partial charge is 0.450 e. The zero-order valence-electron chi connectivity index (χ0n) is 46.5. The van der Waals surface area contributed by atoms with Crippen LogP contribution in [0.5, 0.6) is 23.0 Å². The summed E-state index contributed by atoms with van der Waals surface area (Å²) in [5.41, 5.74) is 4.53. The quantitative estimate of drug-likeness (QED) is 0.0531. The van der Waals surface area contributed by atoms with Gasteiger partial charge in [0.05, 0.1) is 16.8 Å². The summed E-state index contributed by atoms with van der Waals surface area (Å²) in [5.74, 6) is -0.798. The molecular weight excluding hydrogens is 1190 g/mol. The Balaban J connectivity index is 1.23. The van der Waals surface area contributed by atoms with E-state index >= 15 is 17.6 Å². The lowest BCUT2D eigenvalue weighted by molar-refractivity contribution is 0.560. The van der Waals surface area contributed by atoms with Crippen molar-refractivity contribution >= 4 is 33.6 Å². The third kappa shape index (κ3) is 11.5. The fourth-order valence-electron chi connectivity index (χ4n) is 10.4. The van der Waals surface area contributed by atoms with Gasteiger partial charge in [0.1, 0.15) is 46.3 Å². The average Bonchev–Trinajstić information content (AvgIpc) is 1.53. The highest BCUT2D eigenvalue weighted by Gasteiger charge is 2.39. The van der Waals surface area contributed by atoms with Gasteiger partial charge in [0, 0.05) is 109 Å². The Labute approximate surface area is 509 Å². The van der Waals surface area contributed by atoms with Gasteiger partial charge in [-0.25, -0.2) is 17.6 Å². The Hall–Kier alpha value is -9.60. The van der Waals surface area contributed by atoms with E-state index in [4.69, 9.17) is 18.1 Å². The summed E-state index contributed by atoms with van der Waals surface area (Å²) < 4.78 is 108. The molecule has 7 heterocycles. The molecule has 0 aliphatic heterocycles. The van der Waals surface area contributed by atoms with Crippen molar-refractivity contribution in [2.24, 2.45) is 0 Å². The first-order chi connectivity index (χ1) is 43.3. The van der Waals surface area contributed by atoms with Gasteiger partial charge in [-0.15, -0.1) is 0 Å². The number of nitrogens with zero attached hydrogens (tertiary/aromatic N) is 7. The molecule has 88 heavy (non-hydrogen) atoms.